The molecule has 6 heterocycles. The second-order valence-electron chi connectivity index (χ2n) is 13.9. The summed E-state index contributed by atoms with van der Waals surface area (Å²) >= 11 is 1.67. The normalized spacial score (nSPS) is 21.4. The molecule has 3 aromatic heterocycles. The molecule has 0 radical (unpaired) electrons. The largest absolute Gasteiger partial charge is 0.392 e. The zero-order valence-electron chi connectivity index (χ0n) is 26.2. The smallest absolute Gasteiger partial charge is 0.274 e. The van der Waals surface area contributed by atoms with E-state index in [1.165, 1.54) is 16.0 Å². The number of carbonyl (C=O) groups is 1. The zero-order chi connectivity index (χ0) is 31.0. The number of pyridine rings is 1. The van der Waals surface area contributed by atoms with E-state index in [1.54, 1.807) is 23.0 Å². The molecule has 3 aromatic rings. The van der Waals surface area contributed by atoms with Crippen molar-refractivity contribution >= 4 is 34.3 Å². The van der Waals surface area contributed by atoms with Gasteiger partial charge in [-0.15, -0.1) is 11.3 Å². The molecule has 236 valence electrons. The van der Waals surface area contributed by atoms with Gasteiger partial charge in [0.15, 0.2) is 5.82 Å². The molecule has 1 saturated heterocycles. The van der Waals surface area contributed by atoms with Gasteiger partial charge in [-0.2, -0.15) is 5.10 Å². The zero-order valence-corrected chi connectivity index (χ0v) is 27.0. The number of carbonyl (C=O) groups excluding carboxylic acids is 1. The maximum Gasteiger partial charge on any atom is 0.274 e. The van der Waals surface area contributed by atoms with Gasteiger partial charge in [-0.25, -0.2) is 0 Å². The maximum atomic E-state index is 13.9. The molecule has 1 fully saturated rings. The number of thiophene rings is 1. The molecule has 8 rings (SSSR count). The first-order valence-electron chi connectivity index (χ1n) is 16.0. The van der Waals surface area contributed by atoms with Gasteiger partial charge >= 0.3 is 0 Å². The predicted molar refractivity (Wildman–Crippen MR) is 174 cm³/mol. The summed E-state index contributed by atoms with van der Waals surface area (Å²) in [5.41, 5.74) is 7.68. The Hall–Kier alpha value is -3.51. The summed E-state index contributed by atoms with van der Waals surface area (Å²) in [4.78, 5) is 33.7. The van der Waals surface area contributed by atoms with Gasteiger partial charge in [0, 0.05) is 55.1 Å². The fourth-order valence-electron chi connectivity index (χ4n) is 7.74. The third-order valence-electron chi connectivity index (χ3n) is 10.1. The lowest BCUT2D eigenvalue weighted by Crippen LogP contribution is -2.51. The van der Waals surface area contributed by atoms with Crippen LogP contribution >= 0.6 is 11.3 Å². The molecule has 0 unspecified atom stereocenters. The quantitative estimate of drug-likeness (QED) is 0.428. The number of hydrogen-bond donors (Lipinski definition) is 2. The monoisotopic (exact) mass is 628 g/mol. The Balaban J connectivity index is 1.08. The molecule has 5 aliphatic rings. The SMILES string of the molecule is Cn1cc(C2=C(CO)C(N3CCc4c(sc5c4CC(C)(C)C5)C3=O)=CCC2)cc(Nc2cc3n(n2)CCN(C2COC2)C3)c1=O. The minimum atomic E-state index is -0.186. The Morgan fingerprint density at radius 1 is 1.11 bits per heavy atom. The molecule has 11 heteroatoms. The molecule has 1 amide bonds. The van der Waals surface area contributed by atoms with Crippen LogP contribution in [0.15, 0.2) is 40.5 Å². The van der Waals surface area contributed by atoms with E-state index in [0.29, 0.717) is 30.5 Å². The summed E-state index contributed by atoms with van der Waals surface area (Å²) < 4.78 is 8.98. The van der Waals surface area contributed by atoms with Crippen LogP contribution in [0.2, 0.25) is 0 Å². The molecule has 45 heavy (non-hydrogen) atoms. The van der Waals surface area contributed by atoms with Crippen LogP contribution in [0, 0.1) is 5.41 Å². The fraction of sp³-hybridized carbons (Fsp3) is 0.500. The van der Waals surface area contributed by atoms with E-state index in [9.17, 15) is 14.7 Å². The van der Waals surface area contributed by atoms with Crippen molar-refractivity contribution in [1.82, 2.24) is 24.1 Å². The van der Waals surface area contributed by atoms with Gasteiger partial charge in [0.05, 0.1) is 43.0 Å². The Kier molecular flexibility index (Phi) is 6.94. The molecule has 0 atom stereocenters. The van der Waals surface area contributed by atoms with Crippen LogP contribution in [-0.4, -0.2) is 74.1 Å². The Bertz CT molecular complexity index is 1840. The van der Waals surface area contributed by atoms with E-state index in [0.717, 1.165) is 91.5 Å². The number of fused-ring (bicyclic) bond motifs is 4. The number of nitrogens with one attached hydrogen (secondary N) is 1. The van der Waals surface area contributed by atoms with E-state index in [1.807, 2.05) is 27.9 Å². The van der Waals surface area contributed by atoms with Crippen molar-refractivity contribution in [3.05, 3.63) is 78.2 Å². The highest BCUT2D eigenvalue weighted by atomic mass is 32.1. The van der Waals surface area contributed by atoms with Crippen LogP contribution in [0.25, 0.3) is 5.57 Å². The highest BCUT2D eigenvalue weighted by molar-refractivity contribution is 7.14. The van der Waals surface area contributed by atoms with Crippen LogP contribution in [-0.2, 0) is 44.1 Å². The van der Waals surface area contributed by atoms with Gasteiger partial charge in [0.25, 0.3) is 11.5 Å². The number of aliphatic hydroxyl groups excluding tert-OH is 1. The van der Waals surface area contributed by atoms with Gasteiger partial charge in [-0.1, -0.05) is 19.9 Å². The number of aliphatic hydroxyl groups is 1. The summed E-state index contributed by atoms with van der Waals surface area (Å²) in [6.45, 7) is 9.14. The van der Waals surface area contributed by atoms with Crippen molar-refractivity contribution in [2.24, 2.45) is 12.5 Å². The third-order valence-corrected chi connectivity index (χ3v) is 11.4. The molecule has 0 spiro atoms. The summed E-state index contributed by atoms with van der Waals surface area (Å²) in [5, 5.41) is 18.8. The van der Waals surface area contributed by atoms with E-state index >= 15 is 0 Å². The Morgan fingerprint density at radius 2 is 1.96 bits per heavy atom. The highest BCUT2D eigenvalue weighted by Gasteiger charge is 2.39. The number of hydrogen-bond acceptors (Lipinski definition) is 8. The first-order valence-corrected chi connectivity index (χ1v) is 16.9. The van der Waals surface area contributed by atoms with Gasteiger partial charge in [-0.05, 0) is 65.8 Å². The van der Waals surface area contributed by atoms with Gasteiger partial charge in [0.2, 0.25) is 0 Å². The number of ether oxygens (including phenoxy) is 1. The van der Waals surface area contributed by atoms with Gasteiger partial charge < -0.3 is 24.6 Å². The van der Waals surface area contributed by atoms with Gasteiger partial charge in [-0.3, -0.25) is 19.2 Å². The first-order chi connectivity index (χ1) is 21.7. The van der Waals surface area contributed by atoms with Crippen molar-refractivity contribution in [2.45, 2.75) is 65.1 Å². The van der Waals surface area contributed by atoms with E-state index in [-0.39, 0.29) is 23.5 Å². The number of anilines is 2. The van der Waals surface area contributed by atoms with Crippen LogP contribution in [0.1, 0.15) is 63.6 Å². The third kappa shape index (κ3) is 4.91. The number of aromatic nitrogens is 3. The number of nitrogens with zero attached hydrogens (tertiary/aromatic N) is 5. The maximum absolute atomic E-state index is 13.9. The fourth-order valence-corrected chi connectivity index (χ4v) is 9.31. The molecule has 0 aromatic carbocycles. The van der Waals surface area contributed by atoms with Crippen molar-refractivity contribution in [2.75, 3.05) is 38.2 Å². The number of aryl methyl sites for hydroxylation is 1. The molecule has 0 saturated carbocycles. The minimum absolute atomic E-state index is 0.0434. The van der Waals surface area contributed by atoms with E-state index < -0.39 is 0 Å². The molecular formula is C34H40N6O4S. The van der Waals surface area contributed by atoms with Crippen molar-refractivity contribution in [1.29, 1.82) is 0 Å². The van der Waals surface area contributed by atoms with E-state index in [2.05, 4.69) is 30.1 Å². The van der Waals surface area contributed by atoms with Crippen LogP contribution < -0.4 is 10.9 Å². The van der Waals surface area contributed by atoms with Crippen LogP contribution in [0.4, 0.5) is 11.5 Å². The van der Waals surface area contributed by atoms with Crippen LogP contribution in [0.3, 0.4) is 0 Å². The standard InChI is InChI=1S/C34H40N6O4S/c1-34(2)13-25-24-7-8-39(33(43)31(24)45-29(25)14-34)28-6-4-5-23(26(28)17-41)20-11-27(32(42)37(3)15-20)35-30-12-21-16-38(22-18-44-19-22)9-10-40(21)36-30/h6,11-12,15,22,41H,4-5,7-10,13-14,16-19H2,1-3H3,(H,35,36). The van der Waals surface area contributed by atoms with Crippen molar-refractivity contribution in [3.63, 3.8) is 0 Å². The second kappa shape index (κ2) is 10.8. The molecule has 2 aliphatic carbocycles. The molecule has 2 N–H and O–H groups in total. The second-order valence-corrected chi connectivity index (χ2v) is 15.0. The topological polar surface area (TPSA) is 105 Å². The number of amides is 1. The van der Waals surface area contributed by atoms with E-state index in [4.69, 9.17) is 9.84 Å². The average Bonchev–Trinajstić information content (AvgIpc) is 3.63. The molecule has 0 bridgehead atoms. The van der Waals surface area contributed by atoms with Crippen molar-refractivity contribution < 1.29 is 14.6 Å². The van der Waals surface area contributed by atoms with Crippen molar-refractivity contribution in [3.8, 4) is 0 Å². The molecular weight excluding hydrogens is 588 g/mol. The average molecular weight is 629 g/mol. The minimum Gasteiger partial charge on any atom is -0.392 e. The number of allylic oxidation sites excluding steroid dienone is 2. The predicted octanol–water partition coefficient (Wildman–Crippen LogP) is 3.85. The summed E-state index contributed by atoms with van der Waals surface area (Å²) in [6.07, 6.45) is 8.30. The Labute approximate surface area is 266 Å². The highest BCUT2D eigenvalue weighted by Crippen LogP contribution is 2.46. The summed E-state index contributed by atoms with van der Waals surface area (Å²) in [6, 6.07) is 4.36. The summed E-state index contributed by atoms with van der Waals surface area (Å²) in [5.74, 6) is 0.689. The number of rotatable bonds is 6. The van der Waals surface area contributed by atoms with Gasteiger partial charge in [0.1, 0.15) is 5.69 Å². The lowest BCUT2D eigenvalue weighted by Gasteiger charge is -2.39. The summed E-state index contributed by atoms with van der Waals surface area (Å²) in [7, 11) is 1.75. The lowest BCUT2D eigenvalue weighted by atomic mass is 9.88. The Morgan fingerprint density at radius 3 is 2.73 bits per heavy atom. The van der Waals surface area contributed by atoms with Crippen LogP contribution in [0.5, 0.6) is 0 Å². The first kappa shape index (κ1) is 28.9. The lowest BCUT2D eigenvalue weighted by molar-refractivity contribution is -0.0735. The molecule has 10 nitrogen and oxygen atoms in total. The molecule has 3 aliphatic heterocycles.